The summed E-state index contributed by atoms with van der Waals surface area (Å²) >= 11 is 0. The van der Waals surface area contributed by atoms with Crippen LogP contribution in [0.4, 0.5) is 0 Å². The largest absolute Gasteiger partial charge is 0.493 e. The third kappa shape index (κ3) is 6.07. The molecule has 0 aliphatic rings. The molecule has 0 bridgehead atoms. The third-order valence-corrected chi connectivity index (χ3v) is 3.78. The van der Waals surface area contributed by atoms with Gasteiger partial charge in [0.05, 0.1) is 12.4 Å². The van der Waals surface area contributed by atoms with Gasteiger partial charge in [0, 0.05) is 0 Å². The fraction of sp³-hybridized carbons (Fsp3) is 0.571. The molecule has 1 rings (SSSR count). The highest BCUT2D eigenvalue weighted by Crippen LogP contribution is 2.24. The Morgan fingerprint density at radius 2 is 1.63 bits per heavy atom. The van der Waals surface area contributed by atoms with E-state index in [1.54, 1.807) is 0 Å². The second-order valence-electron chi connectivity index (χ2n) is 5.00. The summed E-state index contributed by atoms with van der Waals surface area (Å²) < 4.78 is 27.3. The molecule has 2 N–H and O–H groups in total. The normalized spacial score (nSPS) is 11.6. The number of benzene rings is 1. The highest BCUT2D eigenvalue weighted by Gasteiger charge is 2.05. The molecule has 0 amide bonds. The Balaban J connectivity index is 2.34. The van der Waals surface area contributed by atoms with E-state index < -0.39 is 10.0 Å². The minimum absolute atomic E-state index is 0.0512. The van der Waals surface area contributed by atoms with Crippen LogP contribution in [0.15, 0.2) is 12.1 Å². The lowest BCUT2D eigenvalue weighted by Crippen LogP contribution is -2.16. The summed E-state index contributed by atoms with van der Waals surface area (Å²) in [6, 6.07) is 4.20. The molecule has 0 spiro atoms. The Morgan fingerprint density at radius 1 is 1.05 bits per heavy atom. The number of hydrogen-bond acceptors (Lipinski definition) is 3. The van der Waals surface area contributed by atoms with Gasteiger partial charge in [-0.15, -0.1) is 0 Å². The first-order valence-electron chi connectivity index (χ1n) is 6.51. The third-order valence-electron chi connectivity index (χ3n) is 2.92. The van der Waals surface area contributed by atoms with Crippen molar-refractivity contribution in [2.45, 2.75) is 40.0 Å². The molecule has 0 radical (unpaired) electrons. The van der Waals surface area contributed by atoms with Crippen LogP contribution in [0.1, 0.15) is 36.0 Å². The van der Waals surface area contributed by atoms with Gasteiger partial charge >= 0.3 is 0 Å². The first-order chi connectivity index (χ1) is 8.79. The average molecular weight is 285 g/mol. The molecule has 0 unspecified atom stereocenters. The topological polar surface area (TPSA) is 69.4 Å². The Hall–Kier alpha value is -1.07. The summed E-state index contributed by atoms with van der Waals surface area (Å²) in [6.45, 7) is 6.75. The molecule has 0 aromatic heterocycles. The number of primary sulfonamides is 1. The molecule has 0 aliphatic heterocycles. The fourth-order valence-corrected chi connectivity index (χ4v) is 2.76. The van der Waals surface area contributed by atoms with Crippen molar-refractivity contribution in [1.29, 1.82) is 0 Å². The first-order valence-corrected chi connectivity index (χ1v) is 8.22. The van der Waals surface area contributed by atoms with Crippen LogP contribution >= 0.6 is 0 Å². The van der Waals surface area contributed by atoms with E-state index in [1.807, 2.05) is 13.8 Å². The summed E-state index contributed by atoms with van der Waals surface area (Å²) in [5.74, 6) is 0.993. The van der Waals surface area contributed by atoms with Gasteiger partial charge in [-0.1, -0.05) is 17.7 Å². The van der Waals surface area contributed by atoms with Gasteiger partial charge < -0.3 is 4.74 Å². The van der Waals surface area contributed by atoms with Crippen molar-refractivity contribution < 1.29 is 13.2 Å². The second-order valence-corrected chi connectivity index (χ2v) is 6.74. The minimum Gasteiger partial charge on any atom is -0.493 e. The molecule has 19 heavy (non-hydrogen) atoms. The summed E-state index contributed by atoms with van der Waals surface area (Å²) in [7, 11) is -3.32. The molecule has 0 atom stereocenters. The number of aryl methyl sites for hydroxylation is 3. The minimum atomic E-state index is -3.32. The lowest BCUT2D eigenvalue weighted by Gasteiger charge is -2.13. The summed E-state index contributed by atoms with van der Waals surface area (Å²) in [6.07, 6.45) is 2.23. The number of sulfonamides is 1. The Kier molecular flexibility index (Phi) is 5.82. The lowest BCUT2D eigenvalue weighted by molar-refractivity contribution is 0.302. The number of hydrogen-bond donors (Lipinski definition) is 1. The van der Waals surface area contributed by atoms with Crippen LogP contribution in [0.25, 0.3) is 0 Å². The highest BCUT2D eigenvalue weighted by atomic mass is 32.2. The molecule has 108 valence electrons. The molecule has 0 aliphatic carbocycles. The Morgan fingerprint density at radius 3 is 2.16 bits per heavy atom. The number of ether oxygens (including phenoxy) is 1. The summed E-state index contributed by atoms with van der Waals surface area (Å²) in [5, 5.41) is 4.94. The predicted octanol–water partition coefficient (Wildman–Crippen LogP) is 2.45. The van der Waals surface area contributed by atoms with Crippen LogP contribution in [0, 0.1) is 20.8 Å². The molecule has 0 heterocycles. The molecule has 0 saturated carbocycles. The van der Waals surface area contributed by atoms with Crippen LogP contribution in [0.2, 0.25) is 0 Å². The number of rotatable bonds is 7. The van der Waals surface area contributed by atoms with Crippen LogP contribution in [0.3, 0.4) is 0 Å². The first kappa shape index (κ1) is 16.0. The summed E-state index contributed by atoms with van der Waals surface area (Å²) in [4.78, 5) is 0. The molecule has 5 heteroatoms. The zero-order chi connectivity index (χ0) is 14.5. The van der Waals surface area contributed by atoms with Gasteiger partial charge in [-0.3, -0.25) is 0 Å². The lowest BCUT2D eigenvalue weighted by atomic mass is 10.1. The van der Waals surface area contributed by atoms with Crippen LogP contribution in [-0.4, -0.2) is 20.8 Å². The fourth-order valence-electron chi connectivity index (χ4n) is 2.15. The zero-order valence-electron chi connectivity index (χ0n) is 11.9. The second kappa shape index (κ2) is 6.91. The van der Waals surface area contributed by atoms with Gasteiger partial charge in [-0.2, -0.15) is 0 Å². The van der Waals surface area contributed by atoms with E-state index in [0.29, 0.717) is 13.0 Å². The molecular weight excluding hydrogens is 262 g/mol. The van der Waals surface area contributed by atoms with Gasteiger partial charge in [0.25, 0.3) is 0 Å². The quantitative estimate of drug-likeness (QED) is 0.782. The van der Waals surface area contributed by atoms with E-state index in [4.69, 9.17) is 9.88 Å². The van der Waals surface area contributed by atoms with Gasteiger partial charge in [-0.25, -0.2) is 13.6 Å². The van der Waals surface area contributed by atoms with E-state index in [-0.39, 0.29) is 5.75 Å². The van der Waals surface area contributed by atoms with Crippen LogP contribution < -0.4 is 9.88 Å². The van der Waals surface area contributed by atoms with Crippen LogP contribution in [0.5, 0.6) is 5.75 Å². The Bertz CT molecular complexity index is 500. The maximum absolute atomic E-state index is 10.8. The van der Waals surface area contributed by atoms with Crippen molar-refractivity contribution in [3.05, 3.63) is 28.8 Å². The average Bonchev–Trinajstić information content (AvgIpc) is 2.24. The molecule has 0 saturated heterocycles. The standard InChI is InChI=1S/C14H23NO3S/c1-11-9-12(2)14(13(3)10-11)18-7-5-4-6-8-19(15,16)17/h9-10H,4-8H2,1-3H3,(H2,15,16,17). The Labute approximate surface area is 116 Å². The van der Waals surface area contributed by atoms with Crippen molar-refractivity contribution >= 4 is 10.0 Å². The molecular formula is C14H23NO3S. The number of unbranched alkanes of at least 4 members (excludes halogenated alkanes) is 2. The van der Waals surface area contributed by atoms with Crippen molar-refractivity contribution in [3.63, 3.8) is 0 Å². The SMILES string of the molecule is Cc1cc(C)c(OCCCCCS(N)(=O)=O)c(C)c1. The predicted molar refractivity (Wildman–Crippen MR) is 78.0 cm³/mol. The van der Waals surface area contributed by atoms with Gasteiger partial charge in [-0.05, 0) is 51.2 Å². The van der Waals surface area contributed by atoms with E-state index in [1.165, 1.54) is 5.56 Å². The van der Waals surface area contributed by atoms with E-state index in [0.717, 1.165) is 29.7 Å². The van der Waals surface area contributed by atoms with Crippen molar-refractivity contribution in [3.8, 4) is 5.75 Å². The molecule has 1 aromatic rings. The van der Waals surface area contributed by atoms with Gasteiger partial charge in [0.1, 0.15) is 5.75 Å². The van der Waals surface area contributed by atoms with E-state index in [2.05, 4.69) is 19.1 Å². The van der Waals surface area contributed by atoms with Crippen molar-refractivity contribution in [2.75, 3.05) is 12.4 Å². The molecule has 0 fully saturated rings. The smallest absolute Gasteiger partial charge is 0.209 e. The van der Waals surface area contributed by atoms with Crippen molar-refractivity contribution in [2.24, 2.45) is 5.14 Å². The number of nitrogens with two attached hydrogens (primary N) is 1. The maximum Gasteiger partial charge on any atom is 0.209 e. The van der Waals surface area contributed by atoms with Gasteiger partial charge in [0.15, 0.2) is 0 Å². The maximum atomic E-state index is 10.8. The molecule has 1 aromatic carbocycles. The van der Waals surface area contributed by atoms with Crippen molar-refractivity contribution in [1.82, 2.24) is 0 Å². The summed E-state index contributed by atoms with van der Waals surface area (Å²) in [5.41, 5.74) is 3.51. The highest BCUT2D eigenvalue weighted by molar-refractivity contribution is 7.89. The van der Waals surface area contributed by atoms with E-state index >= 15 is 0 Å². The van der Waals surface area contributed by atoms with Crippen LogP contribution in [-0.2, 0) is 10.0 Å². The van der Waals surface area contributed by atoms with Gasteiger partial charge in [0.2, 0.25) is 10.0 Å². The van der Waals surface area contributed by atoms with E-state index in [9.17, 15) is 8.42 Å². The zero-order valence-corrected chi connectivity index (χ0v) is 12.7. The molecule has 4 nitrogen and oxygen atoms in total. The monoisotopic (exact) mass is 285 g/mol.